The van der Waals surface area contributed by atoms with Crippen LogP contribution in [-0.2, 0) is 4.79 Å². The summed E-state index contributed by atoms with van der Waals surface area (Å²) in [6.07, 6.45) is 5.81. The number of hydrogen-bond acceptors (Lipinski definition) is 3. The molecule has 0 aromatic heterocycles. The number of carbonyl (C=O) groups is 1. The molecule has 2 rings (SSSR count). The molecule has 2 fully saturated rings. The maximum atomic E-state index is 12.5. The molecule has 4 nitrogen and oxygen atoms in total. The van der Waals surface area contributed by atoms with E-state index in [1.165, 1.54) is 25.9 Å². The van der Waals surface area contributed by atoms with E-state index in [4.69, 9.17) is 5.73 Å². The van der Waals surface area contributed by atoms with Gasteiger partial charge in [0.25, 0.3) is 0 Å². The van der Waals surface area contributed by atoms with Gasteiger partial charge < -0.3 is 15.5 Å². The molecule has 2 aliphatic rings. The summed E-state index contributed by atoms with van der Waals surface area (Å²) in [6, 6.07) is 0.203. The predicted molar refractivity (Wildman–Crippen MR) is 77.8 cm³/mol. The lowest BCUT2D eigenvalue weighted by atomic mass is 9.76. The van der Waals surface area contributed by atoms with Crippen molar-refractivity contribution in [3.8, 4) is 0 Å². The zero-order valence-corrected chi connectivity index (χ0v) is 12.5. The summed E-state index contributed by atoms with van der Waals surface area (Å²) in [5.74, 6) is 0.782. The van der Waals surface area contributed by atoms with E-state index in [1.54, 1.807) is 0 Å². The number of nitrogens with two attached hydrogens (primary N) is 1. The Labute approximate surface area is 117 Å². The van der Waals surface area contributed by atoms with Gasteiger partial charge in [0.2, 0.25) is 5.91 Å². The molecular formula is C15H29N3O. The first kappa shape index (κ1) is 14.8. The average Bonchev–Trinajstić information content (AvgIpc) is 2.91. The van der Waals surface area contributed by atoms with Crippen LogP contribution < -0.4 is 5.73 Å². The number of amides is 1. The minimum Gasteiger partial charge on any atom is -0.344 e. The molecular weight excluding hydrogens is 238 g/mol. The molecule has 0 radical (unpaired) electrons. The Morgan fingerprint density at radius 1 is 1.26 bits per heavy atom. The van der Waals surface area contributed by atoms with Gasteiger partial charge in [0.15, 0.2) is 0 Å². The average molecular weight is 267 g/mol. The van der Waals surface area contributed by atoms with Gasteiger partial charge in [-0.2, -0.15) is 0 Å². The van der Waals surface area contributed by atoms with Crippen molar-refractivity contribution in [2.45, 2.75) is 45.1 Å². The third kappa shape index (κ3) is 3.69. The molecule has 1 aliphatic heterocycles. The van der Waals surface area contributed by atoms with E-state index in [0.717, 1.165) is 32.4 Å². The molecule has 3 atom stereocenters. The topological polar surface area (TPSA) is 49.6 Å². The molecule has 3 unspecified atom stereocenters. The van der Waals surface area contributed by atoms with Gasteiger partial charge in [-0.25, -0.2) is 0 Å². The molecule has 110 valence electrons. The zero-order chi connectivity index (χ0) is 13.8. The van der Waals surface area contributed by atoms with Gasteiger partial charge in [-0.05, 0) is 44.7 Å². The summed E-state index contributed by atoms with van der Waals surface area (Å²) in [4.78, 5) is 16.9. The van der Waals surface area contributed by atoms with Crippen molar-refractivity contribution in [3.63, 3.8) is 0 Å². The molecule has 1 saturated carbocycles. The van der Waals surface area contributed by atoms with E-state index in [0.29, 0.717) is 11.8 Å². The van der Waals surface area contributed by atoms with Crippen LogP contribution in [0.5, 0.6) is 0 Å². The Balaban J connectivity index is 1.80. The Hall–Kier alpha value is -0.610. The van der Waals surface area contributed by atoms with E-state index < -0.39 is 0 Å². The number of likely N-dealkylation sites (N-methyl/N-ethyl adjacent to an activating group) is 1. The fourth-order valence-electron chi connectivity index (χ4n) is 3.44. The number of likely N-dealkylation sites (tertiary alicyclic amines) is 1. The number of rotatable bonds is 4. The first-order valence-electron chi connectivity index (χ1n) is 7.82. The lowest BCUT2D eigenvalue weighted by molar-refractivity contribution is -0.137. The smallest absolute Gasteiger partial charge is 0.225 e. The van der Waals surface area contributed by atoms with Gasteiger partial charge >= 0.3 is 0 Å². The van der Waals surface area contributed by atoms with Crippen molar-refractivity contribution >= 4 is 5.91 Å². The number of carbonyl (C=O) groups excluding carboxylic acids is 1. The molecule has 19 heavy (non-hydrogen) atoms. The molecule has 1 amide bonds. The van der Waals surface area contributed by atoms with Crippen LogP contribution in [0.2, 0.25) is 0 Å². The fourth-order valence-corrected chi connectivity index (χ4v) is 3.44. The van der Waals surface area contributed by atoms with Gasteiger partial charge in [-0.15, -0.1) is 0 Å². The summed E-state index contributed by atoms with van der Waals surface area (Å²) >= 11 is 0. The summed E-state index contributed by atoms with van der Waals surface area (Å²) in [7, 11) is 1.95. The van der Waals surface area contributed by atoms with Gasteiger partial charge in [-0.3, -0.25) is 4.79 Å². The van der Waals surface area contributed by atoms with Crippen LogP contribution in [0.4, 0.5) is 0 Å². The highest BCUT2D eigenvalue weighted by Gasteiger charge is 2.34. The van der Waals surface area contributed by atoms with Gasteiger partial charge in [-0.1, -0.05) is 13.3 Å². The number of hydrogen-bond donors (Lipinski definition) is 1. The van der Waals surface area contributed by atoms with Gasteiger partial charge in [0.05, 0.1) is 0 Å². The monoisotopic (exact) mass is 267 g/mol. The maximum Gasteiger partial charge on any atom is 0.225 e. The molecule has 4 heteroatoms. The predicted octanol–water partition coefficient (Wildman–Crippen LogP) is 1.30. The highest BCUT2D eigenvalue weighted by molar-refractivity contribution is 5.79. The quantitative estimate of drug-likeness (QED) is 0.835. The molecule has 1 aliphatic carbocycles. The second kappa shape index (κ2) is 6.71. The molecule has 0 aromatic carbocycles. The van der Waals surface area contributed by atoms with Crippen LogP contribution in [-0.4, -0.2) is 55.0 Å². The standard InChI is InChI=1S/C15H29N3O/c1-12-13(6-5-7-14(12)16)15(19)17(2)10-11-18-8-3-4-9-18/h12-14H,3-11,16H2,1-2H3. The Morgan fingerprint density at radius 3 is 2.63 bits per heavy atom. The maximum absolute atomic E-state index is 12.5. The molecule has 0 aromatic rings. The van der Waals surface area contributed by atoms with Gasteiger partial charge in [0, 0.05) is 32.1 Å². The number of nitrogens with zero attached hydrogens (tertiary/aromatic N) is 2. The van der Waals surface area contributed by atoms with Crippen LogP contribution in [0.25, 0.3) is 0 Å². The van der Waals surface area contributed by atoms with Crippen molar-refractivity contribution in [2.75, 3.05) is 33.2 Å². The van der Waals surface area contributed by atoms with E-state index >= 15 is 0 Å². The molecule has 0 bridgehead atoms. The molecule has 2 N–H and O–H groups in total. The Kier molecular flexibility index (Phi) is 5.22. The minimum atomic E-state index is 0.146. The minimum absolute atomic E-state index is 0.146. The van der Waals surface area contributed by atoms with Crippen molar-refractivity contribution in [1.82, 2.24) is 9.80 Å². The van der Waals surface area contributed by atoms with Crippen LogP contribution >= 0.6 is 0 Å². The van der Waals surface area contributed by atoms with E-state index in [9.17, 15) is 4.79 Å². The first-order valence-corrected chi connectivity index (χ1v) is 7.82. The SMILES string of the molecule is CC1C(N)CCCC1C(=O)N(C)CCN1CCCC1. The Morgan fingerprint density at radius 2 is 1.95 bits per heavy atom. The third-order valence-corrected chi connectivity index (χ3v) is 5.01. The third-order valence-electron chi connectivity index (χ3n) is 5.01. The van der Waals surface area contributed by atoms with Crippen molar-refractivity contribution < 1.29 is 4.79 Å². The fraction of sp³-hybridized carbons (Fsp3) is 0.933. The highest BCUT2D eigenvalue weighted by Crippen LogP contribution is 2.30. The lowest BCUT2D eigenvalue weighted by Gasteiger charge is -2.35. The van der Waals surface area contributed by atoms with Crippen molar-refractivity contribution in [2.24, 2.45) is 17.6 Å². The summed E-state index contributed by atoms with van der Waals surface area (Å²) in [5.41, 5.74) is 6.10. The van der Waals surface area contributed by atoms with Gasteiger partial charge in [0.1, 0.15) is 0 Å². The van der Waals surface area contributed by atoms with Crippen molar-refractivity contribution in [1.29, 1.82) is 0 Å². The summed E-state index contributed by atoms with van der Waals surface area (Å²) in [5, 5.41) is 0. The van der Waals surface area contributed by atoms with Crippen molar-refractivity contribution in [3.05, 3.63) is 0 Å². The van der Waals surface area contributed by atoms with E-state index in [-0.39, 0.29) is 12.0 Å². The van der Waals surface area contributed by atoms with E-state index in [2.05, 4.69) is 11.8 Å². The Bertz CT molecular complexity index is 302. The molecule has 1 saturated heterocycles. The summed E-state index contributed by atoms with van der Waals surface area (Å²) in [6.45, 7) is 6.42. The van der Waals surface area contributed by atoms with Crippen LogP contribution in [0.15, 0.2) is 0 Å². The summed E-state index contributed by atoms with van der Waals surface area (Å²) < 4.78 is 0. The van der Waals surface area contributed by atoms with Crippen LogP contribution in [0.3, 0.4) is 0 Å². The zero-order valence-electron chi connectivity index (χ0n) is 12.5. The van der Waals surface area contributed by atoms with E-state index in [1.807, 2.05) is 11.9 Å². The molecule has 0 spiro atoms. The highest BCUT2D eigenvalue weighted by atomic mass is 16.2. The van der Waals surface area contributed by atoms with Crippen LogP contribution in [0.1, 0.15) is 39.0 Å². The largest absolute Gasteiger partial charge is 0.344 e. The normalized spacial score (nSPS) is 32.5. The van der Waals surface area contributed by atoms with Crippen LogP contribution in [0, 0.1) is 11.8 Å². The lowest BCUT2D eigenvalue weighted by Crippen LogP contribution is -2.46. The second-order valence-electron chi connectivity index (χ2n) is 6.37. The second-order valence-corrected chi connectivity index (χ2v) is 6.37. The molecule has 1 heterocycles. The first-order chi connectivity index (χ1) is 9.09.